The number of H-pyrrole nitrogens is 1. The molecule has 7 rings (SSSR count). The minimum Gasteiger partial charge on any atom is -0.441 e. The van der Waals surface area contributed by atoms with Gasteiger partial charge in [0.2, 0.25) is 35.4 Å². The fourth-order valence-electron chi connectivity index (χ4n) is 12.4. The average Bonchev–Trinajstić information content (AvgIpc) is 1.21. The lowest BCUT2D eigenvalue weighted by Crippen LogP contribution is -2.65. The molecule has 26 atom stereocenters. The second-order valence-electron chi connectivity index (χ2n) is 28.6. The first-order chi connectivity index (χ1) is 56.4. The van der Waals surface area contributed by atoms with Crippen LogP contribution in [0.5, 0.6) is 0 Å². The highest BCUT2D eigenvalue weighted by molar-refractivity contribution is 7.14. The topological polar surface area (TPSA) is 825 Å². The molecule has 0 saturated carbocycles. The van der Waals surface area contributed by atoms with Gasteiger partial charge in [0.25, 0.3) is 11.8 Å². The summed E-state index contributed by atoms with van der Waals surface area (Å²) in [6, 6.07) is -10.2. The summed E-state index contributed by atoms with van der Waals surface area (Å²) in [5, 5.41) is 147. The maximum atomic E-state index is 15.3. The predicted octanol–water partition coefficient (Wildman–Crippen LogP) is -11.3. The van der Waals surface area contributed by atoms with Crippen LogP contribution in [-0.2, 0) is 61.9 Å². The maximum absolute atomic E-state index is 15.3. The van der Waals surface area contributed by atoms with Crippen molar-refractivity contribution in [2.75, 3.05) is 58.2 Å². The molecular weight excluding hydrogens is 1620 g/mol. The number of aromatic nitrogens is 6. The Labute approximate surface area is 687 Å². The molecule has 4 aromatic rings. The molecular formula is C68H110N22O27S2. The van der Waals surface area contributed by atoms with E-state index in [9.17, 15) is 89.7 Å². The molecule has 3 fully saturated rings. The molecule has 119 heavy (non-hydrogen) atoms. The highest BCUT2D eigenvalue weighted by Gasteiger charge is 2.54. The van der Waals surface area contributed by atoms with E-state index in [1.807, 2.05) is 0 Å². The van der Waals surface area contributed by atoms with Crippen LogP contribution in [0.25, 0.3) is 10.7 Å². The van der Waals surface area contributed by atoms with Crippen LogP contribution < -0.4 is 88.4 Å². The summed E-state index contributed by atoms with van der Waals surface area (Å²) in [5.74, 6) is -8.64. The van der Waals surface area contributed by atoms with Crippen molar-refractivity contribution in [3.8, 4) is 10.7 Å². The smallest absolute Gasteiger partial charge is 0.404 e. The molecule has 666 valence electrons. The van der Waals surface area contributed by atoms with Gasteiger partial charge in [-0.1, -0.05) is 0 Å². The fraction of sp³-hybridized carbons (Fsp3) is 0.676. The van der Waals surface area contributed by atoms with Crippen LogP contribution >= 0.6 is 22.7 Å². The summed E-state index contributed by atoms with van der Waals surface area (Å²) in [4.78, 5) is 145. The van der Waals surface area contributed by atoms with Gasteiger partial charge in [-0.25, -0.2) is 29.7 Å². The van der Waals surface area contributed by atoms with Crippen molar-refractivity contribution in [1.29, 1.82) is 0 Å². The van der Waals surface area contributed by atoms with E-state index in [2.05, 4.69) is 72.4 Å². The van der Waals surface area contributed by atoms with Gasteiger partial charge in [-0.3, -0.25) is 38.4 Å². The minimum absolute atomic E-state index is 0.00960. The zero-order chi connectivity index (χ0) is 87.8. The number of aromatic amines is 1. The Morgan fingerprint density at radius 2 is 1.36 bits per heavy atom. The molecule has 3 saturated heterocycles. The lowest BCUT2D eigenvalue weighted by atomic mass is 9.97. The molecule has 9 amide bonds. The van der Waals surface area contributed by atoms with Crippen molar-refractivity contribution in [3.05, 3.63) is 56.8 Å². The number of carbonyl (C=O) groups excluding carboxylic acids is 9. The van der Waals surface area contributed by atoms with E-state index < -0.39 is 256 Å². The van der Waals surface area contributed by atoms with Crippen molar-refractivity contribution in [1.82, 2.24) is 72.4 Å². The van der Waals surface area contributed by atoms with Crippen LogP contribution in [0, 0.1) is 6.92 Å². The summed E-state index contributed by atoms with van der Waals surface area (Å²) in [6.07, 6.45) is -34.5. The number of hydrogen-bond donors (Lipinski definition) is 28. The third kappa shape index (κ3) is 27.5. The van der Waals surface area contributed by atoms with E-state index in [4.69, 9.17) is 79.0 Å². The molecule has 49 nitrogen and oxygen atoms in total. The van der Waals surface area contributed by atoms with E-state index >= 15 is 9.59 Å². The number of ether oxygens (including phenoxy) is 7. The second-order valence-corrected chi connectivity index (χ2v) is 30.3. The van der Waals surface area contributed by atoms with Crippen LogP contribution in [0.2, 0.25) is 0 Å². The molecule has 0 spiro atoms. The highest BCUT2D eigenvalue weighted by Crippen LogP contribution is 2.36. The second kappa shape index (κ2) is 46.5. The van der Waals surface area contributed by atoms with Gasteiger partial charge in [-0.05, 0) is 79.4 Å². The number of nitrogens with two attached hydrogens (primary N) is 8. The molecule has 3 unspecified atom stereocenters. The van der Waals surface area contributed by atoms with E-state index in [1.165, 1.54) is 24.6 Å². The van der Waals surface area contributed by atoms with Gasteiger partial charge in [0, 0.05) is 54.8 Å². The van der Waals surface area contributed by atoms with Gasteiger partial charge < -0.3 is 183 Å². The van der Waals surface area contributed by atoms with Crippen LogP contribution in [-0.4, -0.2) is 333 Å². The number of aliphatic hydroxyl groups is 11. The minimum atomic E-state index is -2.27. The first kappa shape index (κ1) is 97.6. The number of carbonyl (C=O) groups is 9. The average molecular weight is 1730 g/mol. The number of thiazole rings is 2. The third-order valence-corrected chi connectivity index (χ3v) is 21.1. The first-order valence-corrected chi connectivity index (χ1v) is 39.7. The Morgan fingerprint density at radius 3 is 2.02 bits per heavy atom. The first-order valence-electron chi connectivity index (χ1n) is 37.9. The van der Waals surface area contributed by atoms with Gasteiger partial charge in [0.1, 0.15) is 112 Å². The molecule has 0 bridgehead atoms. The molecule has 0 aromatic carbocycles. The van der Waals surface area contributed by atoms with Gasteiger partial charge in [0.15, 0.2) is 37.3 Å². The Kier molecular flexibility index (Phi) is 38.1. The van der Waals surface area contributed by atoms with Crippen molar-refractivity contribution < 1.29 is 132 Å². The van der Waals surface area contributed by atoms with E-state index in [1.54, 1.807) is 0 Å². The number of primary amides is 3. The Balaban J connectivity index is 1.11. The Hall–Kier alpha value is -8.54. The molecule has 7 heterocycles. The van der Waals surface area contributed by atoms with Crippen molar-refractivity contribution in [2.24, 2.45) is 40.1 Å². The normalized spacial score (nSPS) is 26.0. The number of anilines is 1. The maximum Gasteiger partial charge on any atom is 0.404 e. The van der Waals surface area contributed by atoms with Gasteiger partial charge in [-0.2, -0.15) is 0 Å². The summed E-state index contributed by atoms with van der Waals surface area (Å²) in [7, 11) is 0. The van der Waals surface area contributed by atoms with Crippen molar-refractivity contribution >= 4 is 81.8 Å². The molecule has 4 aromatic heterocycles. The molecule has 51 heteroatoms. The quantitative estimate of drug-likeness (QED) is 0.0144. The predicted molar refractivity (Wildman–Crippen MR) is 412 cm³/mol. The van der Waals surface area contributed by atoms with Crippen LogP contribution in [0.3, 0.4) is 0 Å². The molecule has 3 aliphatic rings. The SMILES string of the molecule is Cc1c(N)nc([C@H](CC(N)=O)NC[C@H](N)C(N)=O)nc1C(=O)N[C@H](C(=O)N[C@H](C)[C@@H](O)CC(=O)N[C@H](C(=O)NC(O[C@@H]1O[C@@H](C)[C@@H](N)[C@@H](O)[C@H]1O)C(O)c1nc(-c2nc(C(=O)NCCCC(N)CC(=O)NCCCNCCCCN)cs2)cs1)[C@@H](C)O)[C@@H](O[C@@H]1O[C@@H](CO)[C@@H](O)[C@H](O)[C@@H]1O[C@H]1O[C@H](CO)[C@@H](O)[C@H](OC(N)=O)[C@@H]1O)c1cnc[nH]1. The van der Waals surface area contributed by atoms with Crippen LogP contribution in [0.15, 0.2) is 23.3 Å². The largest absolute Gasteiger partial charge is 0.441 e. The number of rotatable bonds is 47. The Bertz CT molecular complexity index is 3960. The van der Waals surface area contributed by atoms with Gasteiger partial charge >= 0.3 is 6.09 Å². The van der Waals surface area contributed by atoms with Crippen LogP contribution in [0.4, 0.5) is 10.6 Å². The van der Waals surface area contributed by atoms with E-state index in [0.717, 1.165) is 81.4 Å². The standard InChI is InChI=1S/C68H110N22O27S2/c1-25-42(87-57(89-55(25)74)31(16-38(72)95)81-18-30(71)56(75)105)59(107)88-44(52(32-19-78-24-82-32)114-67-54(48(101)45(98)36(20-91)113-67)115-66-50(103)53(116-68(76)110)46(99)37(21-92)112-66)61(109)83-26(2)35(94)17-40(97)86-43(27(3)93)60(108)90-62(117-65-49(102)47(100)41(73)28(4)111-65)51(104)64-85-34(23-119-64)63-84-33(22-118-63)58(106)80-13-7-9-29(70)15-39(96)79-14-8-12-77-11-6-5-10-69/h19,22-24,26-31,35-37,41,43-54,62,65-67,77,81,91-94,98-104H,5-18,20-21,69-71,73H2,1-4H3,(H2,72,95)(H2,75,105)(H2,76,110)(H,78,82)(H,79,96)(H,80,106)(H,83,109)(H,86,97)(H,88,107)(H,90,108)(H2,74,87,89)/t26-,27-,28+,29?,30+,31+,35+,36+,37-,41-,43+,44+,45-,46-,47-,48+,49-,50+,51?,52+,53+,54+,62?,65+,66-,67+/m1/s1. The molecule has 36 N–H and O–H groups in total. The number of amides is 9. The number of imidazole rings is 1. The zero-order valence-electron chi connectivity index (χ0n) is 65.3. The molecule has 0 radical (unpaired) electrons. The number of nitrogens with zero attached hydrogens (tertiary/aromatic N) is 5. The summed E-state index contributed by atoms with van der Waals surface area (Å²) in [6.45, 7) is 5.33. The zero-order valence-corrected chi connectivity index (χ0v) is 66.9. The highest BCUT2D eigenvalue weighted by atomic mass is 32.1. The number of unbranched alkanes of at least 4 members (excludes halogenated alkanes) is 1. The third-order valence-electron chi connectivity index (χ3n) is 19.3. The van der Waals surface area contributed by atoms with E-state index in [-0.39, 0.29) is 51.5 Å². The Morgan fingerprint density at radius 1 is 0.681 bits per heavy atom. The number of hydrogen-bond acceptors (Lipinski definition) is 41. The van der Waals surface area contributed by atoms with Crippen molar-refractivity contribution in [3.63, 3.8) is 0 Å². The molecule has 0 aliphatic carbocycles. The number of nitrogen functional groups attached to an aromatic ring is 1. The summed E-state index contributed by atoms with van der Waals surface area (Å²) in [5.41, 5.74) is 45.1. The number of nitrogens with one attached hydrogen (secondary N) is 9. The summed E-state index contributed by atoms with van der Waals surface area (Å²) >= 11 is 1.84. The molecule has 3 aliphatic heterocycles. The fourth-order valence-corrected chi connectivity index (χ4v) is 14.0. The van der Waals surface area contributed by atoms with Gasteiger partial charge in [0.05, 0.1) is 80.3 Å². The van der Waals surface area contributed by atoms with Crippen LogP contribution in [0.1, 0.15) is 133 Å². The van der Waals surface area contributed by atoms with E-state index in [0.29, 0.717) is 25.9 Å². The lowest BCUT2D eigenvalue weighted by molar-refractivity contribution is -0.372. The monoisotopic (exact) mass is 1730 g/mol. The van der Waals surface area contributed by atoms with Crippen molar-refractivity contribution in [2.45, 2.75) is 238 Å². The van der Waals surface area contributed by atoms with Gasteiger partial charge in [-0.15, -0.1) is 22.7 Å². The lowest BCUT2D eigenvalue weighted by Gasteiger charge is -2.47. The summed E-state index contributed by atoms with van der Waals surface area (Å²) < 4.78 is 40.5. The number of aliphatic hydroxyl groups excluding tert-OH is 11.